The highest BCUT2D eigenvalue weighted by atomic mass is 16.1. The average Bonchev–Trinajstić information content (AvgIpc) is 3.27. The van der Waals surface area contributed by atoms with Crippen LogP contribution in [0.5, 0.6) is 0 Å². The van der Waals surface area contributed by atoms with E-state index in [0.717, 1.165) is 32.6 Å². The van der Waals surface area contributed by atoms with Gasteiger partial charge in [0.25, 0.3) is 5.91 Å². The minimum absolute atomic E-state index is 0.00100. The first-order chi connectivity index (χ1) is 15.2. The van der Waals surface area contributed by atoms with Crippen LogP contribution in [0.25, 0.3) is 0 Å². The van der Waals surface area contributed by atoms with Crippen molar-refractivity contribution in [3.63, 3.8) is 0 Å². The molecule has 0 saturated carbocycles. The summed E-state index contributed by atoms with van der Waals surface area (Å²) < 4.78 is 2.01. The minimum Gasteiger partial charge on any atom is -0.351 e. The predicted octanol–water partition coefficient (Wildman–Crippen LogP) is 3.65. The molecule has 31 heavy (non-hydrogen) atoms. The van der Waals surface area contributed by atoms with E-state index in [9.17, 15) is 4.79 Å². The quantitative estimate of drug-likeness (QED) is 0.570. The fraction of sp³-hybridized carbons (Fsp3) is 0.346. The molecule has 4 rings (SSSR count). The SMILES string of the molecule is CN1CCN(CCCNC(=O)c2cccn2Cc2ccccc2)C(c2ccccc2)C1. The highest BCUT2D eigenvalue weighted by Gasteiger charge is 2.26. The van der Waals surface area contributed by atoms with Crippen molar-refractivity contribution < 1.29 is 4.79 Å². The van der Waals surface area contributed by atoms with Crippen LogP contribution < -0.4 is 5.32 Å². The molecule has 0 spiro atoms. The molecule has 1 aliphatic rings. The molecule has 0 aliphatic carbocycles. The van der Waals surface area contributed by atoms with Gasteiger partial charge in [0.1, 0.15) is 5.69 Å². The van der Waals surface area contributed by atoms with Gasteiger partial charge in [0, 0.05) is 51.5 Å². The summed E-state index contributed by atoms with van der Waals surface area (Å²) in [5.74, 6) is -0.00100. The van der Waals surface area contributed by atoms with Gasteiger partial charge in [-0.2, -0.15) is 0 Å². The van der Waals surface area contributed by atoms with Crippen LogP contribution in [0.3, 0.4) is 0 Å². The second-order valence-electron chi connectivity index (χ2n) is 8.34. The molecule has 1 N–H and O–H groups in total. The Morgan fingerprint density at radius 3 is 2.48 bits per heavy atom. The van der Waals surface area contributed by atoms with Crippen LogP contribution >= 0.6 is 0 Å². The monoisotopic (exact) mass is 416 g/mol. The van der Waals surface area contributed by atoms with Crippen LogP contribution in [0, 0.1) is 0 Å². The summed E-state index contributed by atoms with van der Waals surface area (Å²) in [4.78, 5) is 17.7. The minimum atomic E-state index is -0.00100. The standard InChI is InChI=1S/C26H32N4O/c1-28-18-19-29(25(21-28)23-12-6-3-7-13-23)17-9-15-27-26(31)24-14-8-16-30(24)20-22-10-4-2-5-11-22/h2-8,10-14,16,25H,9,15,17-21H2,1H3,(H,27,31). The Labute approximate surface area is 185 Å². The van der Waals surface area contributed by atoms with Gasteiger partial charge in [-0.1, -0.05) is 60.7 Å². The Bertz CT molecular complexity index is 954. The molecule has 1 atom stereocenters. The summed E-state index contributed by atoms with van der Waals surface area (Å²) in [6, 6.07) is 25.2. The number of nitrogens with zero attached hydrogens (tertiary/aromatic N) is 3. The van der Waals surface area contributed by atoms with Crippen LogP contribution in [0.2, 0.25) is 0 Å². The van der Waals surface area contributed by atoms with E-state index in [2.05, 4.69) is 64.6 Å². The van der Waals surface area contributed by atoms with Gasteiger partial charge in [0.05, 0.1) is 0 Å². The number of carbonyl (C=O) groups is 1. The van der Waals surface area contributed by atoms with E-state index < -0.39 is 0 Å². The van der Waals surface area contributed by atoms with Crippen molar-refractivity contribution >= 4 is 5.91 Å². The molecule has 5 heteroatoms. The molecule has 0 radical (unpaired) electrons. The lowest BCUT2D eigenvalue weighted by Crippen LogP contribution is -2.47. The molecule has 1 fully saturated rings. The number of piperazine rings is 1. The molecule has 2 heterocycles. The molecule has 1 saturated heterocycles. The number of carbonyl (C=O) groups excluding carboxylic acids is 1. The predicted molar refractivity (Wildman–Crippen MR) is 125 cm³/mol. The van der Waals surface area contributed by atoms with Gasteiger partial charge in [0.2, 0.25) is 0 Å². The van der Waals surface area contributed by atoms with E-state index in [1.807, 2.05) is 41.1 Å². The molecule has 1 aromatic heterocycles. The summed E-state index contributed by atoms with van der Waals surface area (Å²) in [6.07, 6.45) is 2.91. The van der Waals surface area contributed by atoms with Crippen LogP contribution in [0.4, 0.5) is 0 Å². The average molecular weight is 417 g/mol. The number of hydrogen-bond acceptors (Lipinski definition) is 3. The molecule has 3 aromatic rings. The van der Waals surface area contributed by atoms with E-state index >= 15 is 0 Å². The molecule has 1 unspecified atom stereocenters. The third-order valence-electron chi connectivity index (χ3n) is 6.04. The lowest BCUT2D eigenvalue weighted by molar-refractivity contribution is 0.0863. The third kappa shape index (κ3) is 5.63. The van der Waals surface area contributed by atoms with Gasteiger partial charge in [-0.25, -0.2) is 0 Å². The first-order valence-electron chi connectivity index (χ1n) is 11.2. The van der Waals surface area contributed by atoms with Crippen LogP contribution in [-0.4, -0.2) is 60.0 Å². The topological polar surface area (TPSA) is 40.5 Å². The van der Waals surface area contributed by atoms with E-state index in [-0.39, 0.29) is 5.91 Å². The van der Waals surface area contributed by atoms with E-state index in [4.69, 9.17) is 0 Å². The van der Waals surface area contributed by atoms with Gasteiger partial charge < -0.3 is 14.8 Å². The van der Waals surface area contributed by atoms with Crippen molar-refractivity contribution in [3.8, 4) is 0 Å². The molecule has 162 valence electrons. The third-order valence-corrected chi connectivity index (χ3v) is 6.04. The smallest absolute Gasteiger partial charge is 0.267 e. The molecular formula is C26H32N4O. The normalized spacial score (nSPS) is 17.5. The van der Waals surface area contributed by atoms with E-state index in [0.29, 0.717) is 24.8 Å². The van der Waals surface area contributed by atoms with E-state index in [1.54, 1.807) is 0 Å². The van der Waals surface area contributed by atoms with Crippen molar-refractivity contribution in [1.29, 1.82) is 0 Å². The van der Waals surface area contributed by atoms with Crippen molar-refractivity contribution in [3.05, 3.63) is 95.8 Å². The van der Waals surface area contributed by atoms with Gasteiger partial charge in [-0.05, 0) is 36.7 Å². The molecule has 1 amide bonds. The number of nitrogens with one attached hydrogen (secondary N) is 1. The zero-order valence-electron chi connectivity index (χ0n) is 18.3. The van der Waals surface area contributed by atoms with Gasteiger partial charge >= 0.3 is 0 Å². The summed E-state index contributed by atoms with van der Waals surface area (Å²) in [6.45, 7) is 5.56. The number of hydrogen-bond donors (Lipinski definition) is 1. The first-order valence-corrected chi connectivity index (χ1v) is 11.2. The maximum atomic E-state index is 12.7. The molecular weight excluding hydrogens is 384 g/mol. The van der Waals surface area contributed by atoms with Crippen LogP contribution in [0.15, 0.2) is 79.0 Å². The van der Waals surface area contributed by atoms with Crippen molar-refractivity contribution in [2.24, 2.45) is 0 Å². The summed E-state index contributed by atoms with van der Waals surface area (Å²) >= 11 is 0. The number of likely N-dealkylation sites (N-methyl/N-ethyl adjacent to an activating group) is 1. The van der Waals surface area contributed by atoms with Crippen LogP contribution in [-0.2, 0) is 6.54 Å². The van der Waals surface area contributed by atoms with Crippen molar-refractivity contribution in [2.45, 2.75) is 19.0 Å². The fourth-order valence-corrected chi connectivity index (χ4v) is 4.33. The Balaban J connectivity index is 1.29. The number of amides is 1. The van der Waals surface area contributed by atoms with E-state index in [1.165, 1.54) is 11.1 Å². The summed E-state index contributed by atoms with van der Waals surface area (Å²) in [5.41, 5.74) is 3.28. The first kappa shape index (κ1) is 21.3. The molecule has 2 aromatic carbocycles. The van der Waals surface area contributed by atoms with Gasteiger partial charge in [-0.15, -0.1) is 0 Å². The zero-order valence-corrected chi connectivity index (χ0v) is 18.3. The molecule has 0 bridgehead atoms. The maximum absolute atomic E-state index is 12.7. The van der Waals surface area contributed by atoms with Gasteiger partial charge in [0.15, 0.2) is 0 Å². The lowest BCUT2D eigenvalue weighted by Gasteiger charge is -2.40. The Morgan fingerprint density at radius 1 is 0.968 bits per heavy atom. The Morgan fingerprint density at radius 2 is 1.71 bits per heavy atom. The Kier molecular flexibility index (Phi) is 7.18. The molecule has 5 nitrogen and oxygen atoms in total. The van der Waals surface area contributed by atoms with Gasteiger partial charge in [-0.3, -0.25) is 9.69 Å². The lowest BCUT2D eigenvalue weighted by atomic mass is 10.0. The highest BCUT2D eigenvalue weighted by molar-refractivity contribution is 5.92. The second-order valence-corrected chi connectivity index (χ2v) is 8.34. The van der Waals surface area contributed by atoms with Crippen molar-refractivity contribution in [1.82, 2.24) is 19.7 Å². The largest absolute Gasteiger partial charge is 0.351 e. The number of rotatable bonds is 8. The zero-order chi connectivity index (χ0) is 21.5. The number of aromatic nitrogens is 1. The summed E-state index contributed by atoms with van der Waals surface area (Å²) in [5, 5.41) is 3.12. The van der Waals surface area contributed by atoms with Crippen molar-refractivity contribution in [2.75, 3.05) is 39.8 Å². The highest BCUT2D eigenvalue weighted by Crippen LogP contribution is 2.24. The summed E-state index contributed by atoms with van der Waals surface area (Å²) in [7, 11) is 2.19. The maximum Gasteiger partial charge on any atom is 0.267 e. The molecule has 1 aliphatic heterocycles. The Hall–Kier alpha value is -2.89. The second kappa shape index (κ2) is 10.4. The number of benzene rings is 2. The van der Waals surface area contributed by atoms with Crippen LogP contribution in [0.1, 0.15) is 34.1 Å². The fourth-order valence-electron chi connectivity index (χ4n) is 4.33.